The number of ether oxygens (including phenoxy) is 1. The average Bonchev–Trinajstić information content (AvgIpc) is 2.99. The molecule has 2 saturated heterocycles. The summed E-state index contributed by atoms with van der Waals surface area (Å²) in [5.74, 6) is 7.57. The minimum atomic E-state index is 0.313. The number of hydrogen-bond acceptors (Lipinski definition) is 5. The van der Waals surface area contributed by atoms with E-state index in [9.17, 15) is 0 Å². The summed E-state index contributed by atoms with van der Waals surface area (Å²) < 4.78 is 5.88. The van der Waals surface area contributed by atoms with E-state index < -0.39 is 0 Å². The molecular formula is C13H20N4O. The fourth-order valence-corrected chi connectivity index (χ4v) is 3.24. The van der Waals surface area contributed by atoms with Gasteiger partial charge in [-0.2, -0.15) is 0 Å². The first-order chi connectivity index (χ1) is 8.72. The van der Waals surface area contributed by atoms with Crippen molar-refractivity contribution in [2.45, 2.75) is 57.7 Å². The van der Waals surface area contributed by atoms with Crippen molar-refractivity contribution in [2.24, 2.45) is 5.84 Å². The Morgan fingerprint density at radius 2 is 2.22 bits per heavy atom. The molecule has 0 aliphatic carbocycles. The van der Waals surface area contributed by atoms with Crippen LogP contribution in [0.25, 0.3) is 0 Å². The van der Waals surface area contributed by atoms with Crippen LogP contribution in [-0.2, 0) is 11.2 Å². The second-order valence-corrected chi connectivity index (χ2v) is 5.21. The van der Waals surface area contributed by atoms with Crippen LogP contribution in [0.4, 0.5) is 5.82 Å². The van der Waals surface area contributed by atoms with E-state index >= 15 is 0 Å². The lowest BCUT2D eigenvalue weighted by atomic mass is 9.88. The Balaban J connectivity index is 1.95. The summed E-state index contributed by atoms with van der Waals surface area (Å²) in [4.78, 5) is 9.26. The molecule has 1 aromatic rings. The molecule has 3 rings (SSSR count). The lowest BCUT2D eigenvalue weighted by Gasteiger charge is -2.19. The fourth-order valence-electron chi connectivity index (χ4n) is 3.24. The number of nitrogen functional groups attached to an aromatic ring is 1. The quantitative estimate of drug-likeness (QED) is 0.629. The summed E-state index contributed by atoms with van der Waals surface area (Å²) in [5, 5.41) is 0. The van der Waals surface area contributed by atoms with Gasteiger partial charge in [-0.1, -0.05) is 6.92 Å². The minimum absolute atomic E-state index is 0.313. The summed E-state index contributed by atoms with van der Waals surface area (Å²) in [6.07, 6.45) is 5.00. The molecule has 2 fully saturated rings. The molecule has 3 unspecified atom stereocenters. The second kappa shape index (κ2) is 4.48. The van der Waals surface area contributed by atoms with Gasteiger partial charge in [0.25, 0.3) is 0 Å². The number of nitrogens with two attached hydrogens (primary N) is 1. The third-order valence-corrected chi connectivity index (χ3v) is 4.16. The highest BCUT2D eigenvalue weighted by molar-refractivity contribution is 5.45. The van der Waals surface area contributed by atoms with Crippen LogP contribution in [0.5, 0.6) is 0 Å². The van der Waals surface area contributed by atoms with Gasteiger partial charge in [0, 0.05) is 17.2 Å². The first kappa shape index (κ1) is 11.9. The first-order valence-corrected chi connectivity index (χ1v) is 6.72. The number of rotatable bonds is 3. The Bertz CT molecular complexity index is 463. The Hall–Kier alpha value is -1.20. The van der Waals surface area contributed by atoms with Crippen molar-refractivity contribution in [1.82, 2.24) is 9.97 Å². The summed E-state index contributed by atoms with van der Waals surface area (Å²) in [6, 6.07) is 0. The Labute approximate surface area is 107 Å². The van der Waals surface area contributed by atoms with Gasteiger partial charge in [0.2, 0.25) is 0 Å². The van der Waals surface area contributed by atoms with Crippen LogP contribution in [-0.4, -0.2) is 22.2 Å². The number of hydrazine groups is 1. The smallest absolute Gasteiger partial charge is 0.147 e. The molecule has 2 aliphatic heterocycles. The van der Waals surface area contributed by atoms with Gasteiger partial charge in [-0.05, 0) is 32.6 Å². The molecule has 2 aliphatic rings. The van der Waals surface area contributed by atoms with Crippen molar-refractivity contribution in [3.05, 3.63) is 17.1 Å². The molecule has 3 heterocycles. The summed E-state index contributed by atoms with van der Waals surface area (Å²) in [6.45, 7) is 4.12. The van der Waals surface area contributed by atoms with Gasteiger partial charge in [-0.25, -0.2) is 15.8 Å². The Morgan fingerprint density at radius 3 is 2.78 bits per heavy atom. The van der Waals surface area contributed by atoms with E-state index in [0.717, 1.165) is 42.2 Å². The maximum atomic E-state index is 5.88. The SMILES string of the molecule is CCc1c(C)nc(C2CC3CCC2O3)nc1NN. The summed E-state index contributed by atoms with van der Waals surface area (Å²) >= 11 is 0. The van der Waals surface area contributed by atoms with E-state index in [4.69, 9.17) is 10.6 Å². The standard InChI is InChI=1S/C13H20N4O/c1-3-9-7(2)15-12(16-13(9)17-14)10-6-8-4-5-11(10)18-8/h8,10-11H,3-6,14H2,1-2H3,(H,15,16,17). The molecule has 5 nitrogen and oxygen atoms in total. The van der Waals surface area contributed by atoms with Gasteiger partial charge in [0.05, 0.1) is 12.2 Å². The number of aromatic nitrogens is 2. The van der Waals surface area contributed by atoms with E-state index in [1.165, 1.54) is 6.42 Å². The second-order valence-electron chi connectivity index (χ2n) is 5.21. The van der Waals surface area contributed by atoms with Gasteiger partial charge in [-0.15, -0.1) is 0 Å². The molecule has 0 aromatic carbocycles. The van der Waals surface area contributed by atoms with Crippen molar-refractivity contribution in [3.63, 3.8) is 0 Å². The van der Waals surface area contributed by atoms with Crippen LogP contribution in [0.15, 0.2) is 0 Å². The molecule has 18 heavy (non-hydrogen) atoms. The van der Waals surface area contributed by atoms with Crippen LogP contribution < -0.4 is 11.3 Å². The highest BCUT2D eigenvalue weighted by Gasteiger charge is 2.43. The highest BCUT2D eigenvalue weighted by atomic mass is 16.5. The maximum absolute atomic E-state index is 5.88. The lowest BCUT2D eigenvalue weighted by molar-refractivity contribution is 0.0998. The van der Waals surface area contributed by atoms with Crippen LogP contribution in [0.2, 0.25) is 0 Å². The fraction of sp³-hybridized carbons (Fsp3) is 0.692. The first-order valence-electron chi connectivity index (χ1n) is 6.72. The molecule has 2 bridgehead atoms. The molecule has 0 saturated carbocycles. The molecule has 0 spiro atoms. The largest absolute Gasteiger partial charge is 0.374 e. The van der Waals surface area contributed by atoms with Crippen LogP contribution in [0, 0.1) is 6.92 Å². The van der Waals surface area contributed by atoms with E-state index in [2.05, 4.69) is 22.3 Å². The molecule has 3 N–H and O–H groups in total. The van der Waals surface area contributed by atoms with Crippen LogP contribution >= 0.6 is 0 Å². The Morgan fingerprint density at radius 1 is 1.39 bits per heavy atom. The number of anilines is 1. The number of nitrogens with one attached hydrogen (secondary N) is 1. The van der Waals surface area contributed by atoms with Crippen molar-refractivity contribution in [3.8, 4) is 0 Å². The van der Waals surface area contributed by atoms with Gasteiger partial charge in [0.1, 0.15) is 11.6 Å². The van der Waals surface area contributed by atoms with Crippen molar-refractivity contribution >= 4 is 5.82 Å². The third kappa shape index (κ3) is 1.78. The van der Waals surface area contributed by atoms with Gasteiger partial charge in [0.15, 0.2) is 0 Å². The zero-order valence-corrected chi connectivity index (χ0v) is 10.9. The molecule has 5 heteroatoms. The van der Waals surface area contributed by atoms with E-state index in [0.29, 0.717) is 18.1 Å². The van der Waals surface area contributed by atoms with Gasteiger partial charge >= 0.3 is 0 Å². The topological polar surface area (TPSA) is 73.1 Å². The monoisotopic (exact) mass is 248 g/mol. The predicted molar refractivity (Wildman–Crippen MR) is 69.2 cm³/mol. The minimum Gasteiger partial charge on any atom is -0.374 e. The van der Waals surface area contributed by atoms with Crippen molar-refractivity contribution in [1.29, 1.82) is 0 Å². The van der Waals surface area contributed by atoms with Gasteiger partial charge in [-0.3, -0.25) is 0 Å². The molecule has 0 radical (unpaired) electrons. The van der Waals surface area contributed by atoms with E-state index in [1.54, 1.807) is 0 Å². The van der Waals surface area contributed by atoms with Crippen molar-refractivity contribution in [2.75, 3.05) is 5.43 Å². The predicted octanol–water partition coefficient (Wildman–Crippen LogP) is 1.67. The Kier molecular flexibility index (Phi) is 2.95. The molecule has 3 atom stereocenters. The maximum Gasteiger partial charge on any atom is 0.147 e. The normalized spacial score (nSPS) is 29.8. The molecule has 1 aromatic heterocycles. The summed E-state index contributed by atoms with van der Waals surface area (Å²) in [7, 11) is 0. The highest BCUT2D eigenvalue weighted by Crippen LogP contribution is 2.43. The van der Waals surface area contributed by atoms with Gasteiger partial charge < -0.3 is 10.2 Å². The van der Waals surface area contributed by atoms with Crippen LogP contribution in [0.1, 0.15) is 49.2 Å². The number of nitrogens with zero attached hydrogens (tertiary/aromatic N) is 2. The molecular weight excluding hydrogens is 228 g/mol. The molecule has 98 valence electrons. The number of fused-ring (bicyclic) bond motifs is 2. The lowest BCUT2D eigenvalue weighted by Crippen LogP contribution is -2.20. The van der Waals surface area contributed by atoms with Crippen LogP contribution in [0.3, 0.4) is 0 Å². The summed E-state index contributed by atoms with van der Waals surface area (Å²) in [5.41, 5.74) is 4.83. The van der Waals surface area contributed by atoms with E-state index in [-0.39, 0.29) is 0 Å². The number of hydrogen-bond donors (Lipinski definition) is 2. The molecule has 0 amide bonds. The zero-order valence-electron chi connectivity index (χ0n) is 10.9. The number of aryl methyl sites for hydroxylation is 1. The zero-order chi connectivity index (χ0) is 12.7. The third-order valence-electron chi connectivity index (χ3n) is 4.16. The van der Waals surface area contributed by atoms with Crippen molar-refractivity contribution < 1.29 is 4.74 Å². The average molecular weight is 248 g/mol. The van der Waals surface area contributed by atoms with E-state index in [1.807, 2.05) is 6.92 Å².